The summed E-state index contributed by atoms with van der Waals surface area (Å²) >= 11 is 6.03. The topological polar surface area (TPSA) is 84.9 Å². The number of aliphatic carboxylic acids is 1. The van der Waals surface area contributed by atoms with Crippen molar-refractivity contribution in [3.8, 4) is 11.5 Å². The highest BCUT2D eigenvalue weighted by Gasteiger charge is 2.25. The molecule has 0 saturated carbocycles. The number of halogens is 1. The van der Waals surface area contributed by atoms with Gasteiger partial charge in [-0.05, 0) is 32.4 Å². The van der Waals surface area contributed by atoms with E-state index in [1.54, 1.807) is 19.9 Å². The predicted molar refractivity (Wildman–Crippen MR) is 76.0 cm³/mol. The molecule has 0 saturated heterocycles. The fourth-order valence-electron chi connectivity index (χ4n) is 1.96. The van der Waals surface area contributed by atoms with Gasteiger partial charge in [0.2, 0.25) is 6.79 Å². The molecule has 1 aliphatic heterocycles. The third kappa shape index (κ3) is 3.78. The van der Waals surface area contributed by atoms with Crippen molar-refractivity contribution in [3.05, 3.63) is 22.7 Å². The van der Waals surface area contributed by atoms with Crippen LogP contribution < -0.4 is 14.8 Å². The molecule has 0 aromatic heterocycles. The van der Waals surface area contributed by atoms with Gasteiger partial charge in [-0.3, -0.25) is 9.59 Å². The summed E-state index contributed by atoms with van der Waals surface area (Å²) in [5, 5.41) is 11.8. The Morgan fingerprint density at radius 2 is 2.10 bits per heavy atom. The average molecular weight is 314 g/mol. The smallest absolute Gasteiger partial charge is 0.303 e. The van der Waals surface area contributed by atoms with Crippen LogP contribution in [0.3, 0.4) is 0 Å². The second-order valence-electron chi connectivity index (χ2n) is 5.42. The van der Waals surface area contributed by atoms with Gasteiger partial charge in [0.15, 0.2) is 11.5 Å². The fourth-order valence-corrected chi connectivity index (χ4v) is 2.23. The van der Waals surface area contributed by atoms with Gasteiger partial charge in [0.1, 0.15) is 0 Å². The van der Waals surface area contributed by atoms with E-state index >= 15 is 0 Å². The minimum atomic E-state index is -0.900. The quantitative estimate of drug-likeness (QED) is 0.872. The molecule has 21 heavy (non-hydrogen) atoms. The molecule has 7 heteroatoms. The number of hydrogen-bond donors (Lipinski definition) is 2. The lowest BCUT2D eigenvalue weighted by molar-refractivity contribution is -0.137. The summed E-state index contributed by atoms with van der Waals surface area (Å²) in [7, 11) is 0. The molecule has 0 atom stereocenters. The number of carbonyl (C=O) groups excluding carboxylic acids is 1. The van der Waals surface area contributed by atoms with Crippen LogP contribution in [0, 0.1) is 0 Å². The number of amides is 1. The zero-order valence-corrected chi connectivity index (χ0v) is 12.5. The van der Waals surface area contributed by atoms with Crippen LogP contribution in [0.25, 0.3) is 0 Å². The maximum atomic E-state index is 12.2. The van der Waals surface area contributed by atoms with Gasteiger partial charge < -0.3 is 19.9 Å². The molecule has 2 rings (SSSR count). The molecule has 1 aromatic rings. The number of ether oxygens (including phenoxy) is 2. The van der Waals surface area contributed by atoms with Gasteiger partial charge >= 0.3 is 5.97 Å². The van der Waals surface area contributed by atoms with Crippen molar-refractivity contribution in [1.29, 1.82) is 0 Å². The molecule has 0 radical (unpaired) electrons. The molecule has 114 valence electrons. The Balaban J connectivity index is 2.10. The van der Waals surface area contributed by atoms with Crippen LogP contribution >= 0.6 is 11.6 Å². The maximum Gasteiger partial charge on any atom is 0.303 e. The summed E-state index contributed by atoms with van der Waals surface area (Å²) in [5.74, 6) is -0.386. The SMILES string of the molecule is CC(C)(CCC(=O)O)NC(=O)c1cc(Cl)c2c(c1)OCO2. The van der Waals surface area contributed by atoms with Crippen LogP contribution in [0.5, 0.6) is 11.5 Å². The molecule has 0 unspecified atom stereocenters. The van der Waals surface area contributed by atoms with Crippen molar-refractivity contribution in [3.63, 3.8) is 0 Å². The van der Waals surface area contributed by atoms with E-state index in [9.17, 15) is 9.59 Å². The van der Waals surface area contributed by atoms with Crippen LogP contribution in [-0.2, 0) is 4.79 Å². The number of carboxylic acid groups (broad SMARTS) is 1. The summed E-state index contributed by atoms with van der Waals surface area (Å²) < 4.78 is 10.4. The van der Waals surface area contributed by atoms with Crippen LogP contribution in [0.15, 0.2) is 12.1 Å². The van der Waals surface area contributed by atoms with E-state index < -0.39 is 11.5 Å². The van der Waals surface area contributed by atoms with Crippen LogP contribution in [-0.4, -0.2) is 29.3 Å². The van der Waals surface area contributed by atoms with Crippen molar-refractivity contribution < 1.29 is 24.2 Å². The van der Waals surface area contributed by atoms with E-state index in [0.717, 1.165) is 0 Å². The third-order valence-corrected chi connectivity index (χ3v) is 3.39. The molecular formula is C14H16ClNO5. The highest BCUT2D eigenvalue weighted by Crippen LogP contribution is 2.39. The Bertz CT molecular complexity index is 585. The Kier molecular flexibility index (Phi) is 4.27. The molecular weight excluding hydrogens is 298 g/mol. The number of nitrogens with one attached hydrogen (secondary N) is 1. The molecule has 1 aliphatic rings. The van der Waals surface area contributed by atoms with Gasteiger partial charge in [0, 0.05) is 17.5 Å². The highest BCUT2D eigenvalue weighted by atomic mass is 35.5. The number of fused-ring (bicyclic) bond motifs is 1. The Morgan fingerprint density at radius 1 is 1.38 bits per heavy atom. The first-order chi connectivity index (χ1) is 9.78. The molecule has 1 amide bonds. The zero-order chi connectivity index (χ0) is 15.6. The van der Waals surface area contributed by atoms with E-state index in [4.69, 9.17) is 26.2 Å². The van der Waals surface area contributed by atoms with Crippen LogP contribution in [0.2, 0.25) is 5.02 Å². The standard InChI is InChI=1S/C14H16ClNO5/c1-14(2,4-3-11(17)18)16-13(19)8-5-9(15)12-10(6-8)20-7-21-12/h5-6H,3-4,7H2,1-2H3,(H,16,19)(H,17,18). The summed E-state index contributed by atoms with van der Waals surface area (Å²) in [6.45, 7) is 3.61. The lowest BCUT2D eigenvalue weighted by atomic mass is 9.97. The average Bonchev–Trinajstić information content (AvgIpc) is 2.85. The summed E-state index contributed by atoms with van der Waals surface area (Å²) in [6.07, 6.45) is 0.307. The molecule has 0 aliphatic carbocycles. The highest BCUT2D eigenvalue weighted by molar-refractivity contribution is 6.32. The Morgan fingerprint density at radius 3 is 2.76 bits per heavy atom. The second-order valence-corrected chi connectivity index (χ2v) is 5.83. The van der Waals surface area contributed by atoms with Crippen molar-refractivity contribution in [1.82, 2.24) is 5.32 Å². The van der Waals surface area contributed by atoms with Crippen molar-refractivity contribution in [2.24, 2.45) is 0 Å². The first-order valence-electron chi connectivity index (χ1n) is 6.42. The van der Waals surface area contributed by atoms with E-state index in [0.29, 0.717) is 28.5 Å². The molecule has 1 aromatic carbocycles. The zero-order valence-electron chi connectivity index (χ0n) is 11.7. The lowest BCUT2D eigenvalue weighted by Gasteiger charge is -2.25. The Hall–Kier alpha value is -1.95. The normalized spacial score (nSPS) is 13.1. The van der Waals surface area contributed by atoms with Gasteiger partial charge in [-0.25, -0.2) is 0 Å². The summed E-state index contributed by atoms with van der Waals surface area (Å²) in [6, 6.07) is 3.05. The van der Waals surface area contributed by atoms with E-state index in [1.807, 2.05) is 0 Å². The number of benzene rings is 1. The van der Waals surface area contributed by atoms with Gasteiger partial charge in [-0.1, -0.05) is 11.6 Å². The monoisotopic (exact) mass is 313 g/mol. The molecule has 0 bridgehead atoms. The predicted octanol–water partition coefficient (Wildman–Crippen LogP) is 2.44. The first-order valence-corrected chi connectivity index (χ1v) is 6.80. The fraction of sp³-hybridized carbons (Fsp3) is 0.429. The van der Waals surface area contributed by atoms with Crippen molar-refractivity contribution >= 4 is 23.5 Å². The van der Waals surface area contributed by atoms with Crippen molar-refractivity contribution in [2.45, 2.75) is 32.2 Å². The molecule has 0 fully saturated rings. The second kappa shape index (κ2) is 5.81. The molecule has 6 nitrogen and oxygen atoms in total. The van der Waals surface area contributed by atoms with Crippen LogP contribution in [0.1, 0.15) is 37.0 Å². The summed E-state index contributed by atoms with van der Waals surface area (Å²) in [4.78, 5) is 22.9. The Labute approximate surface area is 127 Å². The van der Waals surface area contributed by atoms with Crippen LogP contribution in [0.4, 0.5) is 0 Å². The van der Waals surface area contributed by atoms with E-state index in [2.05, 4.69) is 5.32 Å². The minimum absolute atomic E-state index is 0.0187. The van der Waals surface area contributed by atoms with E-state index in [-0.39, 0.29) is 19.1 Å². The maximum absolute atomic E-state index is 12.2. The van der Waals surface area contributed by atoms with Gasteiger partial charge in [0.05, 0.1) is 5.02 Å². The largest absolute Gasteiger partial charge is 0.481 e. The van der Waals surface area contributed by atoms with Gasteiger partial charge in [-0.2, -0.15) is 0 Å². The van der Waals surface area contributed by atoms with Gasteiger partial charge in [-0.15, -0.1) is 0 Å². The van der Waals surface area contributed by atoms with E-state index in [1.165, 1.54) is 6.07 Å². The summed E-state index contributed by atoms with van der Waals surface area (Å²) in [5.41, 5.74) is -0.300. The number of carbonyl (C=O) groups is 2. The van der Waals surface area contributed by atoms with Gasteiger partial charge in [0.25, 0.3) is 5.91 Å². The van der Waals surface area contributed by atoms with Crippen molar-refractivity contribution in [2.75, 3.05) is 6.79 Å². The number of hydrogen-bond acceptors (Lipinski definition) is 4. The molecule has 1 heterocycles. The molecule has 0 spiro atoms. The number of rotatable bonds is 5. The number of carboxylic acids is 1. The molecule has 2 N–H and O–H groups in total. The first kappa shape index (κ1) is 15.4. The third-order valence-electron chi connectivity index (χ3n) is 3.11. The minimum Gasteiger partial charge on any atom is -0.481 e. The lowest BCUT2D eigenvalue weighted by Crippen LogP contribution is -2.43.